The van der Waals surface area contributed by atoms with E-state index in [0.717, 1.165) is 19.3 Å². The normalized spacial score (nSPS) is 12.1. The molecule has 0 saturated carbocycles. The first kappa shape index (κ1) is 11.8. The van der Waals surface area contributed by atoms with Crippen molar-refractivity contribution >= 4 is 5.91 Å². The van der Waals surface area contributed by atoms with Gasteiger partial charge in [-0.25, -0.2) is 0 Å². The summed E-state index contributed by atoms with van der Waals surface area (Å²) < 4.78 is 0. The minimum absolute atomic E-state index is 0.148. The number of hydrogen-bond acceptors (Lipinski definition) is 1. The standard InChI is InChI=1S/C13H19NO/c1-3-12(13(15)14-2)10-9-11-7-5-4-6-8-11/h4-8,12H,3,9-10H2,1-2H3,(H,14,15). The lowest BCUT2D eigenvalue weighted by Gasteiger charge is -2.12. The van der Waals surface area contributed by atoms with E-state index in [-0.39, 0.29) is 11.8 Å². The van der Waals surface area contributed by atoms with Crippen LogP contribution in [0.4, 0.5) is 0 Å². The van der Waals surface area contributed by atoms with Crippen molar-refractivity contribution in [3.05, 3.63) is 35.9 Å². The topological polar surface area (TPSA) is 29.1 Å². The Morgan fingerprint density at radius 1 is 1.33 bits per heavy atom. The molecule has 1 rings (SSSR count). The van der Waals surface area contributed by atoms with Gasteiger partial charge in [0.2, 0.25) is 5.91 Å². The number of nitrogens with one attached hydrogen (secondary N) is 1. The molecule has 0 fully saturated rings. The second-order valence-corrected chi connectivity index (χ2v) is 3.74. The van der Waals surface area contributed by atoms with Crippen LogP contribution < -0.4 is 5.32 Å². The molecule has 1 amide bonds. The molecule has 0 saturated heterocycles. The molecule has 2 heteroatoms. The highest BCUT2D eigenvalue weighted by molar-refractivity contribution is 5.78. The van der Waals surface area contributed by atoms with E-state index in [2.05, 4.69) is 24.4 Å². The van der Waals surface area contributed by atoms with Crippen LogP contribution in [0.3, 0.4) is 0 Å². The third-order valence-corrected chi connectivity index (χ3v) is 2.73. The SMILES string of the molecule is CCC(CCc1ccccc1)C(=O)NC. The molecule has 1 aromatic carbocycles. The average Bonchev–Trinajstić information content (AvgIpc) is 2.31. The molecule has 1 unspecified atom stereocenters. The summed E-state index contributed by atoms with van der Waals surface area (Å²) in [6, 6.07) is 10.3. The highest BCUT2D eigenvalue weighted by Gasteiger charge is 2.14. The Hall–Kier alpha value is -1.31. The Morgan fingerprint density at radius 3 is 2.53 bits per heavy atom. The van der Waals surface area contributed by atoms with Gasteiger partial charge in [0.05, 0.1) is 0 Å². The number of benzene rings is 1. The van der Waals surface area contributed by atoms with Crippen molar-refractivity contribution in [2.75, 3.05) is 7.05 Å². The maximum atomic E-state index is 11.5. The zero-order valence-corrected chi connectivity index (χ0v) is 9.49. The molecule has 1 aromatic rings. The van der Waals surface area contributed by atoms with Crippen LogP contribution in [0.1, 0.15) is 25.3 Å². The van der Waals surface area contributed by atoms with Crippen LogP contribution in [0, 0.1) is 5.92 Å². The molecule has 0 bridgehead atoms. The van der Waals surface area contributed by atoms with E-state index in [1.807, 2.05) is 18.2 Å². The Balaban J connectivity index is 2.44. The molecule has 0 spiro atoms. The Kier molecular flexibility index (Phi) is 4.88. The summed E-state index contributed by atoms with van der Waals surface area (Å²) in [4.78, 5) is 11.5. The molecule has 0 aliphatic rings. The van der Waals surface area contributed by atoms with Gasteiger partial charge in [0.15, 0.2) is 0 Å². The van der Waals surface area contributed by atoms with E-state index in [4.69, 9.17) is 0 Å². The first-order valence-corrected chi connectivity index (χ1v) is 5.53. The van der Waals surface area contributed by atoms with E-state index in [0.29, 0.717) is 0 Å². The fourth-order valence-electron chi connectivity index (χ4n) is 1.71. The molecule has 0 aliphatic heterocycles. The molecule has 1 atom stereocenters. The van der Waals surface area contributed by atoms with Gasteiger partial charge < -0.3 is 5.32 Å². The Labute approximate surface area is 91.7 Å². The van der Waals surface area contributed by atoms with Crippen molar-refractivity contribution in [1.82, 2.24) is 5.32 Å². The largest absolute Gasteiger partial charge is 0.359 e. The second kappa shape index (κ2) is 6.23. The van der Waals surface area contributed by atoms with Crippen molar-refractivity contribution in [2.45, 2.75) is 26.2 Å². The first-order valence-electron chi connectivity index (χ1n) is 5.53. The van der Waals surface area contributed by atoms with Gasteiger partial charge in [-0.2, -0.15) is 0 Å². The van der Waals surface area contributed by atoms with Gasteiger partial charge in [-0.15, -0.1) is 0 Å². The van der Waals surface area contributed by atoms with Crippen LogP contribution in [0.2, 0.25) is 0 Å². The number of hydrogen-bond donors (Lipinski definition) is 1. The fraction of sp³-hybridized carbons (Fsp3) is 0.462. The predicted octanol–water partition coefficient (Wildman–Crippen LogP) is 2.39. The summed E-state index contributed by atoms with van der Waals surface area (Å²) in [5.74, 6) is 0.309. The monoisotopic (exact) mass is 205 g/mol. The summed E-state index contributed by atoms with van der Waals surface area (Å²) in [5, 5.41) is 2.71. The fourth-order valence-corrected chi connectivity index (χ4v) is 1.71. The van der Waals surface area contributed by atoms with Crippen molar-refractivity contribution in [1.29, 1.82) is 0 Å². The maximum absolute atomic E-state index is 11.5. The lowest BCUT2D eigenvalue weighted by atomic mass is 9.96. The third kappa shape index (κ3) is 3.74. The molecule has 0 aliphatic carbocycles. The molecule has 15 heavy (non-hydrogen) atoms. The van der Waals surface area contributed by atoms with Crippen molar-refractivity contribution in [3.8, 4) is 0 Å². The van der Waals surface area contributed by atoms with Crippen LogP contribution >= 0.6 is 0 Å². The molecule has 1 N–H and O–H groups in total. The molecule has 82 valence electrons. The van der Waals surface area contributed by atoms with Gasteiger partial charge in [-0.3, -0.25) is 4.79 Å². The Bertz CT molecular complexity index is 295. The first-order chi connectivity index (χ1) is 7.27. The smallest absolute Gasteiger partial charge is 0.222 e. The van der Waals surface area contributed by atoms with Gasteiger partial charge in [-0.1, -0.05) is 37.3 Å². The molecule has 0 heterocycles. The average molecular weight is 205 g/mol. The van der Waals surface area contributed by atoms with Crippen molar-refractivity contribution in [2.24, 2.45) is 5.92 Å². The molecule has 0 radical (unpaired) electrons. The van der Waals surface area contributed by atoms with Crippen molar-refractivity contribution in [3.63, 3.8) is 0 Å². The molecular formula is C13H19NO. The number of carbonyl (C=O) groups excluding carboxylic acids is 1. The number of carbonyl (C=O) groups is 1. The lowest BCUT2D eigenvalue weighted by Crippen LogP contribution is -2.27. The third-order valence-electron chi connectivity index (χ3n) is 2.73. The van der Waals surface area contributed by atoms with E-state index in [1.165, 1.54) is 5.56 Å². The van der Waals surface area contributed by atoms with Crippen LogP contribution in [0.25, 0.3) is 0 Å². The lowest BCUT2D eigenvalue weighted by molar-refractivity contribution is -0.124. The maximum Gasteiger partial charge on any atom is 0.222 e. The molecule has 0 aromatic heterocycles. The Morgan fingerprint density at radius 2 is 2.00 bits per heavy atom. The minimum Gasteiger partial charge on any atom is -0.359 e. The van der Waals surface area contributed by atoms with E-state index < -0.39 is 0 Å². The van der Waals surface area contributed by atoms with Gasteiger partial charge >= 0.3 is 0 Å². The van der Waals surface area contributed by atoms with Gasteiger partial charge in [-0.05, 0) is 24.8 Å². The minimum atomic E-state index is 0.148. The van der Waals surface area contributed by atoms with E-state index in [1.54, 1.807) is 7.05 Å². The number of rotatable bonds is 5. The zero-order valence-electron chi connectivity index (χ0n) is 9.49. The number of amides is 1. The summed E-state index contributed by atoms with van der Waals surface area (Å²) in [7, 11) is 1.70. The predicted molar refractivity (Wildman–Crippen MR) is 62.6 cm³/mol. The van der Waals surface area contributed by atoms with Crippen LogP contribution in [0.15, 0.2) is 30.3 Å². The molecular weight excluding hydrogens is 186 g/mol. The zero-order chi connectivity index (χ0) is 11.1. The quantitative estimate of drug-likeness (QED) is 0.785. The summed E-state index contributed by atoms with van der Waals surface area (Å²) in [5.41, 5.74) is 1.31. The summed E-state index contributed by atoms with van der Waals surface area (Å²) >= 11 is 0. The molecule has 2 nitrogen and oxygen atoms in total. The number of aryl methyl sites for hydroxylation is 1. The highest BCUT2D eigenvalue weighted by atomic mass is 16.1. The highest BCUT2D eigenvalue weighted by Crippen LogP contribution is 2.13. The van der Waals surface area contributed by atoms with Gasteiger partial charge in [0.25, 0.3) is 0 Å². The van der Waals surface area contributed by atoms with Crippen molar-refractivity contribution < 1.29 is 4.79 Å². The van der Waals surface area contributed by atoms with E-state index >= 15 is 0 Å². The van der Waals surface area contributed by atoms with Gasteiger partial charge in [0.1, 0.15) is 0 Å². The van der Waals surface area contributed by atoms with Gasteiger partial charge in [0, 0.05) is 13.0 Å². The van der Waals surface area contributed by atoms with E-state index in [9.17, 15) is 4.79 Å². The second-order valence-electron chi connectivity index (χ2n) is 3.74. The summed E-state index contributed by atoms with van der Waals surface area (Å²) in [6.45, 7) is 2.06. The van der Waals surface area contributed by atoms with Crippen LogP contribution in [-0.4, -0.2) is 13.0 Å². The van der Waals surface area contributed by atoms with Crippen LogP contribution in [-0.2, 0) is 11.2 Å². The summed E-state index contributed by atoms with van der Waals surface area (Å²) in [6.07, 6.45) is 2.82. The van der Waals surface area contributed by atoms with Crippen LogP contribution in [0.5, 0.6) is 0 Å².